The minimum absolute atomic E-state index is 0.0525. The summed E-state index contributed by atoms with van der Waals surface area (Å²) in [5.41, 5.74) is 6.60. The fourth-order valence-corrected chi connectivity index (χ4v) is 3.78. The van der Waals surface area contributed by atoms with Crippen LogP contribution in [0.4, 0.5) is 4.79 Å². The minimum atomic E-state index is -0.438. The predicted molar refractivity (Wildman–Crippen MR) is 117 cm³/mol. The van der Waals surface area contributed by atoms with E-state index in [-0.39, 0.29) is 11.7 Å². The molecule has 0 fully saturated rings. The number of ether oxygens (including phenoxy) is 1. The van der Waals surface area contributed by atoms with Crippen LogP contribution in [0.1, 0.15) is 34.6 Å². The number of carbonyl (C=O) groups is 1. The zero-order valence-electron chi connectivity index (χ0n) is 16.8. The molecular formula is C26H23NO3. The lowest BCUT2D eigenvalue weighted by molar-refractivity contribution is 0.143. The van der Waals surface area contributed by atoms with Gasteiger partial charge in [-0.15, -0.1) is 0 Å². The average molecular weight is 397 g/mol. The normalized spacial score (nSPS) is 11.8. The Hall–Kier alpha value is -3.71. The highest BCUT2D eigenvalue weighted by Gasteiger charge is 2.28. The van der Waals surface area contributed by atoms with E-state index in [0.717, 1.165) is 11.1 Å². The number of phenolic OH excluding ortho intramolecular Hbond substituents is 1. The van der Waals surface area contributed by atoms with Crippen molar-refractivity contribution in [3.05, 3.63) is 89.0 Å². The number of phenols is 1. The fourth-order valence-electron chi connectivity index (χ4n) is 3.78. The summed E-state index contributed by atoms with van der Waals surface area (Å²) in [7, 11) is 0. The maximum absolute atomic E-state index is 12.1. The van der Waals surface area contributed by atoms with Gasteiger partial charge in [-0.1, -0.05) is 66.4 Å². The maximum Gasteiger partial charge on any atom is 0.407 e. The van der Waals surface area contributed by atoms with Gasteiger partial charge in [-0.3, -0.25) is 0 Å². The molecule has 30 heavy (non-hydrogen) atoms. The molecule has 0 unspecified atom stereocenters. The Balaban J connectivity index is 1.30. The number of alkyl carbamates (subject to hydrolysis) is 1. The lowest BCUT2D eigenvalue weighted by atomic mass is 9.98. The van der Waals surface area contributed by atoms with Crippen molar-refractivity contribution in [3.8, 4) is 28.7 Å². The first-order valence-corrected chi connectivity index (χ1v) is 10.0. The van der Waals surface area contributed by atoms with E-state index in [9.17, 15) is 9.90 Å². The molecule has 1 aliphatic rings. The molecule has 1 amide bonds. The molecule has 0 aliphatic heterocycles. The summed E-state index contributed by atoms with van der Waals surface area (Å²) in [6.45, 7) is 2.65. The quantitative estimate of drug-likeness (QED) is 0.482. The number of aromatic hydroxyl groups is 1. The summed E-state index contributed by atoms with van der Waals surface area (Å²) < 4.78 is 5.51. The highest BCUT2D eigenvalue weighted by Crippen LogP contribution is 2.44. The maximum atomic E-state index is 12.1. The Morgan fingerprint density at radius 2 is 1.70 bits per heavy atom. The summed E-state index contributed by atoms with van der Waals surface area (Å²) >= 11 is 0. The van der Waals surface area contributed by atoms with Crippen molar-refractivity contribution in [2.75, 3.05) is 13.2 Å². The van der Waals surface area contributed by atoms with Crippen LogP contribution in [0.15, 0.2) is 66.7 Å². The topological polar surface area (TPSA) is 58.6 Å². The number of hydrogen-bond acceptors (Lipinski definition) is 3. The molecule has 3 aromatic rings. The largest absolute Gasteiger partial charge is 0.508 e. The fraction of sp³-hybridized carbons (Fsp3) is 0.192. The van der Waals surface area contributed by atoms with Crippen molar-refractivity contribution in [1.82, 2.24) is 5.32 Å². The molecule has 4 heteroatoms. The van der Waals surface area contributed by atoms with Crippen LogP contribution in [0.5, 0.6) is 5.75 Å². The second kappa shape index (κ2) is 8.75. The number of benzene rings is 3. The van der Waals surface area contributed by atoms with E-state index in [4.69, 9.17) is 4.74 Å². The van der Waals surface area contributed by atoms with Gasteiger partial charge in [0.05, 0.1) is 0 Å². The van der Waals surface area contributed by atoms with Crippen molar-refractivity contribution in [2.45, 2.75) is 19.3 Å². The Morgan fingerprint density at radius 3 is 2.40 bits per heavy atom. The van der Waals surface area contributed by atoms with Gasteiger partial charge in [0.1, 0.15) is 12.4 Å². The molecule has 4 nitrogen and oxygen atoms in total. The molecule has 4 rings (SSSR count). The number of hydrogen-bond donors (Lipinski definition) is 2. The van der Waals surface area contributed by atoms with Crippen LogP contribution < -0.4 is 5.32 Å². The molecule has 0 spiro atoms. The SMILES string of the molecule is Cc1ccc(O)cc1C#CCCNC(=O)OCC1c2ccccc2-c2ccccc21. The molecular weight excluding hydrogens is 374 g/mol. The zero-order valence-corrected chi connectivity index (χ0v) is 16.8. The van der Waals surface area contributed by atoms with Crippen LogP contribution in [0.25, 0.3) is 11.1 Å². The van der Waals surface area contributed by atoms with Gasteiger partial charge in [0.2, 0.25) is 0 Å². The number of fused-ring (bicyclic) bond motifs is 3. The molecule has 2 N–H and O–H groups in total. The first kappa shape index (κ1) is 19.6. The van der Waals surface area contributed by atoms with Gasteiger partial charge >= 0.3 is 6.09 Å². The van der Waals surface area contributed by atoms with Crippen molar-refractivity contribution in [2.24, 2.45) is 0 Å². The van der Waals surface area contributed by atoms with E-state index in [1.165, 1.54) is 22.3 Å². The summed E-state index contributed by atoms with van der Waals surface area (Å²) in [5.74, 6) is 6.29. The number of aryl methyl sites for hydroxylation is 1. The van der Waals surface area contributed by atoms with Crippen LogP contribution in [-0.2, 0) is 4.74 Å². The van der Waals surface area contributed by atoms with E-state index in [2.05, 4.69) is 41.4 Å². The Morgan fingerprint density at radius 1 is 1.03 bits per heavy atom. The van der Waals surface area contributed by atoms with Gasteiger partial charge < -0.3 is 15.2 Å². The van der Waals surface area contributed by atoms with Gasteiger partial charge in [-0.25, -0.2) is 4.79 Å². The summed E-state index contributed by atoms with van der Waals surface area (Å²) in [4.78, 5) is 12.1. The summed E-state index contributed by atoms with van der Waals surface area (Å²) in [5, 5.41) is 12.3. The standard InChI is InChI=1S/C26H23NO3/c1-18-13-14-20(28)16-19(18)8-6-7-15-27-26(29)30-17-25-23-11-4-2-9-21(23)22-10-3-5-12-24(22)25/h2-5,9-14,16,25,28H,7,15,17H2,1H3,(H,27,29). The third kappa shape index (κ3) is 4.16. The molecule has 0 bridgehead atoms. The molecule has 0 aromatic heterocycles. The minimum Gasteiger partial charge on any atom is -0.508 e. The molecule has 0 heterocycles. The van der Waals surface area contributed by atoms with Gasteiger partial charge in [-0.05, 0) is 46.9 Å². The monoisotopic (exact) mass is 397 g/mol. The molecule has 0 saturated carbocycles. The number of nitrogens with one attached hydrogen (secondary N) is 1. The number of carbonyl (C=O) groups excluding carboxylic acids is 1. The predicted octanol–water partition coefficient (Wildman–Crippen LogP) is 4.98. The highest BCUT2D eigenvalue weighted by molar-refractivity contribution is 5.79. The Bertz CT molecular complexity index is 1090. The Labute approximate surface area is 176 Å². The first-order valence-electron chi connectivity index (χ1n) is 10.0. The smallest absolute Gasteiger partial charge is 0.407 e. The first-order chi connectivity index (χ1) is 14.6. The van der Waals surface area contributed by atoms with E-state index >= 15 is 0 Å². The van der Waals surface area contributed by atoms with Crippen LogP contribution in [0, 0.1) is 18.8 Å². The molecule has 0 atom stereocenters. The van der Waals surface area contributed by atoms with Crippen molar-refractivity contribution >= 4 is 6.09 Å². The van der Waals surface area contributed by atoms with Crippen LogP contribution >= 0.6 is 0 Å². The van der Waals surface area contributed by atoms with Gasteiger partial charge in [0, 0.05) is 24.4 Å². The van der Waals surface area contributed by atoms with E-state index in [1.54, 1.807) is 12.1 Å². The van der Waals surface area contributed by atoms with E-state index in [0.29, 0.717) is 19.6 Å². The lowest BCUT2D eigenvalue weighted by Gasteiger charge is -2.14. The third-order valence-electron chi connectivity index (χ3n) is 5.31. The van der Waals surface area contributed by atoms with E-state index in [1.807, 2.05) is 37.3 Å². The second-order valence-corrected chi connectivity index (χ2v) is 7.30. The van der Waals surface area contributed by atoms with Crippen LogP contribution in [-0.4, -0.2) is 24.4 Å². The van der Waals surface area contributed by atoms with Gasteiger partial charge in [0.25, 0.3) is 0 Å². The zero-order chi connectivity index (χ0) is 20.9. The summed E-state index contributed by atoms with van der Waals surface area (Å²) in [6, 6.07) is 21.6. The van der Waals surface area contributed by atoms with Gasteiger partial charge in [0.15, 0.2) is 0 Å². The summed E-state index contributed by atoms with van der Waals surface area (Å²) in [6.07, 6.45) is 0.0615. The Kier molecular flexibility index (Phi) is 5.72. The van der Waals surface area contributed by atoms with Crippen molar-refractivity contribution < 1.29 is 14.6 Å². The van der Waals surface area contributed by atoms with Crippen LogP contribution in [0.3, 0.4) is 0 Å². The molecule has 1 aliphatic carbocycles. The molecule has 150 valence electrons. The molecule has 0 saturated heterocycles. The molecule has 0 radical (unpaired) electrons. The van der Waals surface area contributed by atoms with Crippen molar-refractivity contribution in [3.63, 3.8) is 0 Å². The third-order valence-corrected chi connectivity index (χ3v) is 5.31. The van der Waals surface area contributed by atoms with Gasteiger partial charge in [-0.2, -0.15) is 0 Å². The lowest BCUT2D eigenvalue weighted by Crippen LogP contribution is -2.26. The second-order valence-electron chi connectivity index (χ2n) is 7.30. The van der Waals surface area contributed by atoms with Crippen LogP contribution in [0.2, 0.25) is 0 Å². The highest BCUT2D eigenvalue weighted by atomic mass is 16.5. The molecule has 3 aromatic carbocycles. The number of rotatable bonds is 4. The van der Waals surface area contributed by atoms with Crippen molar-refractivity contribution in [1.29, 1.82) is 0 Å². The number of amides is 1. The average Bonchev–Trinajstić information content (AvgIpc) is 3.08. The van der Waals surface area contributed by atoms with E-state index < -0.39 is 6.09 Å².